The van der Waals surface area contributed by atoms with E-state index in [1.54, 1.807) is 42.2 Å². The topological polar surface area (TPSA) is 96.6 Å². The van der Waals surface area contributed by atoms with Crippen LogP contribution >= 0.6 is 23.2 Å². The molecule has 4 rings (SSSR count). The highest BCUT2D eigenvalue weighted by Crippen LogP contribution is 2.31. The van der Waals surface area contributed by atoms with Gasteiger partial charge in [-0.1, -0.05) is 46.6 Å². The first-order valence-corrected chi connectivity index (χ1v) is 11.6. The summed E-state index contributed by atoms with van der Waals surface area (Å²) in [5.41, 5.74) is 1.24. The number of hydrogen-bond acceptors (Lipinski definition) is 6. The Labute approximate surface area is 189 Å². The Morgan fingerprint density at radius 3 is 2.32 bits per heavy atom. The zero-order chi connectivity index (χ0) is 22.2. The second kappa shape index (κ2) is 8.58. The molecule has 2 heterocycles. The normalized spacial score (nSPS) is 15.3. The van der Waals surface area contributed by atoms with Crippen molar-refractivity contribution in [3.63, 3.8) is 0 Å². The Morgan fingerprint density at radius 2 is 1.71 bits per heavy atom. The summed E-state index contributed by atoms with van der Waals surface area (Å²) in [6.07, 6.45) is 0. The lowest BCUT2D eigenvalue weighted by Gasteiger charge is -2.34. The molecule has 0 aliphatic carbocycles. The summed E-state index contributed by atoms with van der Waals surface area (Å²) in [5, 5.41) is 4.03. The summed E-state index contributed by atoms with van der Waals surface area (Å²) in [6.45, 7) is 2.56. The molecule has 0 saturated carbocycles. The molecule has 0 bridgehead atoms. The minimum Gasteiger partial charge on any atom is -0.339 e. The Morgan fingerprint density at radius 1 is 1.03 bits per heavy atom. The van der Waals surface area contributed by atoms with Crippen molar-refractivity contribution in [3.8, 4) is 11.4 Å². The van der Waals surface area contributed by atoms with Crippen LogP contribution in [-0.2, 0) is 10.0 Å². The minimum absolute atomic E-state index is 0.000409. The SMILES string of the molecule is Cc1nc(-c2ccc(C(=O)N3CCN(S(=O)(=O)c4cccc(Cl)c4Cl)CC3)cc2)no1. The van der Waals surface area contributed by atoms with E-state index in [1.807, 2.05) is 0 Å². The van der Waals surface area contributed by atoms with E-state index in [2.05, 4.69) is 10.1 Å². The van der Waals surface area contributed by atoms with Crippen LogP contribution in [0, 0.1) is 6.92 Å². The number of benzene rings is 2. The third-order valence-electron chi connectivity index (χ3n) is 4.98. The van der Waals surface area contributed by atoms with Crippen LogP contribution in [0.1, 0.15) is 16.2 Å². The van der Waals surface area contributed by atoms with Crippen molar-refractivity contribution in [2.45, 2.75) is 11.8 Å². The summed E-state index contributed by atoms with van der Waals surface area (Å²) < 4.78 is 32.2. The molecule has 8 nitrogen and oxygen atoms in total. The van der Waals surface area contributed by atoms with Gasteiger partial charge in [0.1, 0.15) is 4.90 Å². The molecule has 1 aromatic heterocycles. The van der Waals surface area contributed by atoms with Crippen LogP contribution in [0.15, 0.2) is 51.9 Å². The van der Waals surface area contributed by atoms with Crippen molar-refractivity contribution < 1.29 is 17.7 Å². The molecule has 0 radical (unpaired) electrons. The number of nitrogens with zero attached hydrogens (tertiary/aromatic N) is 4. The van der Waals surface area contributed by atoms with Crippen LogP contribution in [0.3, 0.4) is 0 Å². The maximum Gasteiger partial charge on any atom is 0.253 e. The molecule has 162 valence electrons. The van der Waals surface area contributed by atoms with E-state index < -0.39 is 10.0 Å². The van der Waals surface area contributed by atoms with Crippen molar-refractivity contribution >= 4 is 39.1 Å². The van der Waals surface area contributed by atoms with Crippen LogP contribution in [0.2, 0.25) is 10.0 Å². The van der Waals surface area contributed by atoms with Gasteiger partial charge in [0.15, 0.2) is 0 Å². The van der Waals surface area contributed by atoms with E-state index in [0.29, 0.717) is 17.3 Å². The van der Waals surface area contributed by atoms with Gasteiger partial charge in [0.2, 0.25) is 21.7 Å². The van der Waals surface area contributed by atoms with Gasteiger partial charge >= 0.3 is 0 Å². The van der Waals surface area contributed by atoms with Gasteiger partial charge in [0, 0.05) is 44.2 Å². The number of aryl methyl sites for hydroxylation is 1. The van der Waals surface area contributed by atoms with Crippen molar-refractivity contribution in [1.29, 1.82) is 0 Å². The van der Waals surface area contributed by atoms with Crippen LogP contribution < -0.4 is 0 Å². The highest BCUT2D eigenvalue weighted by molar-refractivity contribution is 7.89. The van der Waals surface area contributed by atoms with Gasteiger partial charge in [-0.2, -0.15) is 9.29 Å². The van der Waals surface area contributed by atoms with E-state index in [-0.39, 0.29) is 47.0 Å². The van der Waals surface area contributed by atoms with Gasteiger partial charge in [-0.3, -0.25) is 4.79 Å². The van der Waals surface area contributed by atoms with Gasteiger partial charge in [0.25, 0.3) is 5.91 Å². The second-order valence-corrected chi connectivity index (χ2v) is 9.65. The van der Waals surface area contributed by atoms with Gasteiger partial charge in [-0.25, -0.2) is 8.42 Å². The lowest BCUT2D eigenvalue weighted by Crippen LogP contribution is -2.50. The van der Waals surface area contributed by atoms with Crippen molar-refractivity contribution in [2.24, 2.45) is 0 Å². The van der Waals surface area contributed by atoms with Crippen LogP contribution in [0.5, 0.6) is 0 Å². The summed E-state index contributed by atoms with van der Waals surface area (Å²) >= 11 is 12.1. The first-order chi connectivity index (χ1) is 14.8. The first-order valence-electron chi connectivity index (χ1n) is 9.41. The zero-order valence-electron chi connectivity index (χ0n) is 16.5. The van der Waals surface area contributed by atoms with E-state index in [1.165, 1.54) is 16.4 Å². The molecular formula is C20H18Cl2N4O4S. The Kier molecular flexibility index (Phi) is 6.02. The first kappa shape index (κ1) is 21.8. The summed E-state index contributed by atoms with van der Waals surface area (Å²) in [6, 6.07) is 11.4. The lowest BCUT2D eigenvalue weighted by molar-refractivity contribution is 0.0698. The number of sulfonamides is 1. The van der Waals surface area contributed by atoms with Crippen molar-refractivity contribution in [3.05, 3.63) is 64.0 Å². The fourth-order valence-electron chi connectivity index (χ4n) is 3.31. The van der Waals surface area contributed by atoms with Gasteiger partial charge < -0.3 is 9.42 Å². The highest BCUT2D eigenvalue weighted by atomic mass is 35.5. The molecule has 0 N–H and O–H groups in total. The molecule has 1 fully saturated rings. The molecule has 0 spiro atoms. The van der Waals surface area contributed by atoms with E-state index in [4.69, 9.17) is 27.7 Å². The van der Waals surface area contributed by atoms with Gasteiger partial charge in [0.05, 0.1) is 10.0 Å². The molecule has 1 aliphatic rings. The van der Waals surface area contributed by atoms with E-state index in [0.717, 1.165) is 5.56 Å². The monoisotopic (exact) mass is 480 g/mol. The minimum atomic E-state index is -3.81. The Bertz CT molecular complexity index is 1220. The third-order valence-corrected chi connectivity index (χ3v) is 7.85. The molecule has 1 amide bonds. The molecule has 31 heavy (non-hydrogen) atoms. The van der Waals surface area contributed by atoms with E-state index >= 15 is 0 Å². The summed E-state index contributed by atoms with van der Waals surface area (Å²) in [4.78, 5) is 18.6. The number of piperazine rings is 1. The maximum absolute atomic E-state index is 12.9. The number of aromatic nitrogens is 2. The molecule has 1 aliphatic heterocycles. The quantitative estimate of drug-likeness (QED) is 0.566. The summed E-state index contributed by atoms with van der Waals surface area (Å²) in [7, 11) is -3.81. The number of carbonyl (C=O) groups is 1. The molecule has 1 saturated heterocycles. The number of hydrogen-bond donors (Lipinski definition) is 0. The molecule has 2 aromatic carbocycles. The Hall–Kier alpha value is -2.46. The fraction of sp³-hybridized carbons (Fsp3) is 0.250. The molecule has 0 atom stereocenters. The fourth-order valence-corrected chi connectivity index (χ4v) is 5.47. The molecule has 0 unspecified atom stereocenters. The highest BCUT2D eigenvalue weighted by Gasteiger charge is 2.32. The molecule has 3 aromatic rings. The summed E-state index contributed by atoms with van der Waals surface area (Å²) in [5.74, 6) is 0.741. The third kappa shape index (κ3) is 4.31. The zero-order valence-corrected chi connectivity index (χ0v) is 18.8. The predicted molar refractivity (Wildman–Crippen MR) is 116 cm³/mol. The second-order valence-electron chi connectivity index (χ2n) is 6.96. The van der Waals surface area contributed by atoms with E-state index in [9.17, 15) is 13.2 Å². The predicted octanol–water partition coefficient (Wildman–Crippen LogP) is 3.50. The maximum atomic E-state index is 12.9. The largest absolute Gasteiger partial charge is 0.339 e. The van der Waals surface area contributed by atoms with Crippen LogP contribution in [0.25, 0.3) is 11.4 Å². The van der Waals surface area contributed by atoms with Crippen LogP contribution in [-0.4, -0.2) is 59.8 Å². The standard InChI is InChI=1S/C20H18Cl2N4O4S/c1-13-23-19(24-30-13)14-5-7-15(8-6-14)20(27)25-9-11-26(12-10-25)31(28,29)17-4-2-3-16(21)18(17)22/h2-8H,9-12H2,1H3. The smallest absolute Gasteiger partial charge is 0.253 e. The van der Waals surface area contributed by atoms with Crippen molar-refractivity contribution in [2.75, 3.05) is 26.2 Å². The number of halogens is 2. The van der Waals surface area contributed by atoms with Gasteiger partial charge in [-0.05, 0) is 24.3 Å². The lowest BCUT2D eigenvalue weighted by atomic mass is 10.1. The number of rotatable bonds is 4. The number of carbonyl (C=O) groups excluding carboxylic acids is 1. The molecular weight excluding hydrogens is 463 g/mol. The average molecular weight is 481 g/mol. The average Bonchev–Trinajstić information content (AvgIpc) is 3.21. The van der Waals surface area contributed by atoms with Crippen molar-refractivity contribution in [1.82, 2.24) is 19.3 Å². The van der Waals surface area contributed by atoms with Crippen LogP contribution in [0.4, 0.5) is 0 Å². The van der Waals surface area contributed by atoms with Gasteiger partial charge in [-0.15, -0.1) is 0 Å². The number of amides is 1. The Balaban J connectivity index is 1.43. The molecule has 11 heteroatoms.